The molecule has 0 unspecified atom stereocenters. The van der Waals surface area contributed by atoms with Crippen LogP contribution < -0.4 is 10.1 Å². The highest BCUT2D eigenvalue weighted by molar-refractivity contribution is 7.90. The summed E-state index contributed by atoms with van der Waals surface area (Å²) in [5.41, 5.74) is 1.89. The minimum Gasteiger partial charge on any atom is -0.496 e. The summed E-state index contributed by atoms with van der Waals surface area (Å²) in [7, 11) is -2.39. The molecule has 0 bridgehead atoms. The summed E-state index contributed by atoms with van der Waals surface area (Å²) in [6, 6.07) is 18.0. The van der Waals surface area contributed by atoms with Crippen LogP contribution in [0.25, 0.3) is 21.7 Å². The van der Waals surface area contributed by atoms with Crippen LogP contribution in [-0.4, -0.2) is 56.5 Å². The molecule has 0 atom stereocenters. The van der Waals surface area contributed by atoms with Gasteiger partial charge in [-0.15, -0.1) is 0 Å². The number of para-hydroxylation sites is 1. The van der Waals surface area contributed by atoms with Crippen LogP contribution >= 0.6 is 0 Å². The van der Waals surface area contributed by atoms with E-state index in [1.165, 1.54) is 3.97 Å². The van der Waals surface area contributed by atoms with Crippen LogP contribution in [0.15, 0.2) is 65.6 Å². The van der Waals surface area contributed by atoms with E-state index < -0.39 is 10.0 Å². The van der Waals surface area contributed by atoms with Crippen molar-refractivity contribution in [2.75, 3.05) is 33.3 Å². The quantitative estimate of drug-likeness (QED) is 0.460. The van der Waals surface area contributed by atoms with Gasteiger partial charge in [0.25, 0.3) is 10.0 Å². The Hall–Kier alpha value is -3.36. The molecule has 0 spiro atoms. The molecule has 1 amide bonds. The first-order valence-electron chi connectivity index (χ1n) is 11.8. The Morgan fingerprint density at radius 2 is 1.66 bits per heavy atom. The molecule has 1 aromatic heterocycles. The van der Waals surface area contributed by atoms with Crippen LogP contribution in [0.1, 0.15) is 17.7 Å². The largest absolute Gasteiger partial charge is 0.496 e. The topological polar surface area (TPSA) is 80.6 Å². The third-order valence-corrected chi connectivity index (χ3v) is 8.66. The summed E-state index contributed by atoms with van der Waals surface area (Å²) in [5, 5.41) is 5.43. The van der Waals surface area contributed by atoms with Gasteiger partial charge in [0.05, 0.1) is 23.9 Å². The van der Waals surface area contributed by atoms with Crippen LogP contribution in [0, 0.1) is 6.92 Å². The molecule has 1 aliphatic heterocycles. The normalized spacial score (nSPS) is 14.9. The summed E-state index contributed by atoms with van der Waals surface area (Å²) in [6.45, 7) is 4.82. The van der Waals surface area contributed by atoms with Gasteiger partial charge in [-0.3, -0.25) is 4.79 Å². The molecule has 7 nitrogen and oxygen atoms in total. The Labute approximate surface area is 205 Å². The minimum atomic E-state index is -3.97. The van der Waals surface area contributed by atoms with Crippen LogP contribution in [0.2, 0.25) is 0 Å². The Morgan fingerprint density at radius 3 is 2.43 bits per heavy atom. The van der Waals surface area contributed by atoms with E-state index in [0.717, 1.165) is 35.8 Å². The standard InChI is InChI=1S/C27H29N3O4S/c1-19-23(18-27(31)29-16-7-14-28-15-17-29)20-8-5-6-11-24(20)30(19)35(32,33)26-13-12-25(34-2)21-9-3-4-10-22(21)26/h3-6,8-13,28H,7,14-18H2,1-2H3. The maximum atomic E-state index is 14.1. The maximum Gasteiger partial charge on any atom is 0.269 e. The van der Waals surface area contributed by atoms with Crippen molar-refractivity contribution in [1.29, 1.82) is 0 Å². The van der Waals surface area contributed by atoms with E-state index in [4.69, 9.17) is 4.74 Å². The molecule has 1 saturated heterocycles. The van der Waals surface area contributed by atoms with Crippen molar-refractivity contribution in [1.82, 2.24) is 14.2 Å². The first-order chi connectivity index (χ1) is 16.9. The Morgan fingerprint density at radius 1 is 0.943 bits per heavy atom. The summed E-state index contributed by atoms with van der Waals surface area (Å²) in [6.07, 6.45) is 1.07. The number of carbonyl (C=O) groups is 1. The lowest BCUT2D eigenvalue weighted by molar-refractivity contribution is -0.130. The zero-order valence-corrected chi connectivity index (χ0v) is 20.8. The molecule has 4 aromatic rings. The number of benzene rings is 3. The molecule has 2 heterocycles. The van der Waals surface area contributed by atoms with Gasteiger partial charge in [-0.25, -0.2) is 12.4 Å². The van der Waals surface area contributed by atoms with E-state index in [0.29, 0.717) is 35.4 Å². The van der Waals surface area contributed by atoms with Gasteiger partial charge in [0.1, 0.15) is 5.75 Å². The van der Waals surface area contributed by atoms with Crippen LogP contribution in [0.5, 0.6) is 5.75 Å². The minimum absolute atomic E-state index is 0.0204. The summed E-state index contributed by atoms with van der Waals surface area (Å²) in [5.74, 6) is 0.638. The van der Waals surface area contributed by atoms with Crippen LogP contribution in [0.4, 0.5) is 0 Å². The number of hydrogen-bond donors (Lipinski definition) is 1. The Bertz CT molecular complexity index is 1520. The molecule has 1 aliphatic rings. The van der Waals surface area contributed by atoms with Gasteiger partial charge in [-0.2, -0.15) is 0 Å². The summed E-state index contributed by atoms with van der Waals surface area (Å²) in [4.78, 5) is 15.3. The monoisotopic (exact) mass is 491 g/mol. The number of hydrogen-bond acceptors (Lipinski definition) is 5. The van der Waals surface area contributed by atoms with Gasteiger partial charge in [-0.05, 0) is 43.7 Å². The molecule has 35 heavy (non-hydrogen) atoms. The molecule has 0 saturated carbocycles. The molecular formula is C27H29N3O4S. The molecule has 1 fully saturated rings. The second kappa shape index (κ2) is 9.36. The van der Waals surface area contributed by atoms with Crippen molar-refractivity contribution in [2.24, 2.45) is 0 Å². The number of methoxy groups -OCH3 is 1. The fourth-order valence-corrected chi connectivity index (χ4v) is 6.82. The highest BCUT2D eigenvalue weighted by atomic mass is 32.2. The lowest BCUT2D eigenvalue weighted by atomic mass is 10.1. The van der Waals surface area contributed by atoms with E-state index in [-0.39, 0.29) is 17.2 Å². The number of nitrogens with zero attached hydrogens (tertiary/aromatic N) is 2. The van der Waals surface area contributed by atoms with Crippen LogP contribution in [0.3, 0.4) is 0 Å². The fraction of sp³-hybridized carbons (Fsp3) is 0.296. The first kappa shape index (κ1) is 23.4. The molecule has 1 N–H and O–H groups in total. The Balaban J connectivity index is 1.65. The zero-order valence-electron chi connectivity index (χ0n) is 20.0. The maximum absolute atomic E-state index is 14.1. The molecule has 5 rings (SSSR count). The molecule has 8 heteroatoms. The van der Waals surface area contributed by atoms with Crippen molar-refractivity contribution >= 4 is 37.6 Å². The lowest BCUT2D eigenvalue weighted by Crippen LogP contribution is -2.35. The third-order valence-electron chi connectivity index (χ3n) is 6.79. The smallest absolute Gasteiger partial charge is 0.269 e. The highest BCUT2D eigenvalue weighted by Crippen LogP contribution is 2.35. The number of fused-ring (bicyclic) bond motifs is 2. The molecule has 3 aromatic carbocycles. The van der Waals surface area contributed by atoms with Gasteiger partial charge in [0.15, 0.2) is 0 Å². The molecule has 182 valence electrons. The number of carbonyl (C=O) groups excluding carboxylic acids is 1. The average molecular weight is 492 g/mol. The summed E-state index contributed by atoms with van der Waals surface area (Å²) < 4.78 is 35.1. The third kappa shape index (κ3) is 4.06. The van der Waals surface area contributed by atoms with Gasteiger partial charge < -0.3 is 15.0 Å². The van der Waals surface area contributed by atoms with Crippen molar-refractivity contribution in [2.45, 2.75) is 24.7 Å². The number of amides is 1. The van der Waals surface area contributed by atoms with Gasteiger partial charge in [0, 0.05) is 41.5 Å². The molecule has 0 radical (unpaired) electrons. The van der Waals surface area contributed by atoms with E-state index in [9.17, 15) is 13.2 Å². The van der Waals surface area contributed by atoms with Gasteiger partial charge in [0.2, 0.25) is 5.91 Å². The van der Waals surface area contributed by atoms with E-state index in [1.54, 1.807) is 38.3 Å². The predicted octanol–water partition coefficient (Wildman–Crippen LogP) is 3.71. The number of rotatable bonds is 5. The van der Waals surface area contributed by atoms with Crippen molar-refractivity contribution in [3.05, 3.63) is 71.9 Å². The van der Waals surface area contributed by atoms with E-state index in [1.807, 2.05) is 41.3 Å². The SMILES string of the molecule is COc1ccc(S(=O)(=O)n2c(C)c(CC(=O)N3CCCNCC3)c3ccccc32)c2ccccc12. The fourth-order valence-electron chi connectivity index (χ4n) is 5.04. The molecular weight excluding hydrogens is 462 g/mol. The number of aromatic nitrogens is 1. The lowest BCUT2D eigenvalue weighted by Gasteiger charge is -2.20. The van der Waals surface area contributed by atoms with Crippen LogP contribution in [-0.2, 0) is 21.2 Å². The van der Waals surface area contributed by atoms with Crippen molar-refractivity contribution in [3.63, 3.8) is 0 Å². The highest BCUT2D eigenvalue weighted by Gasteiger charge is 2.28. The predicted molar refractivity (Wildman–Crippen MR) is 138 cm³/mol. The first-order valence-corrected chi connectivity index (χ1v) is 13.3. The average Bonchev–Trinajstić information content (AvgIpc) is 3.02. The second-order valence-corrected chi connectivity index (χ2v) is 10.6. The zero-order chi connectivity index (χ0) is 24.6. The Kier molecular flexibility index (Phi) is 6.25. The van der Waals surface area contributed by atoms with E-state index in [2.05, 4.69) is 5.32 Å². The van der Waals surface area contributed by atoms with Crippen molar-refractivity contribution in [3.8, 4) is 5.75 Å². The van der Waals surface area contributed by atoms with Gasteiger partial charge >= 0.3 is 0 Å². The van der Waals surface area contributed by atoms with Gasteiger partial charge in [-0.1, -0.05) is 42.5 Å². The number of ether oxygens (including phenoxy) is 1. The van der Waals surface area contributed by atoms with Crippen molar-refractivity contribution < 1.29 is 17.9 Å². The summed E-state index contributed by atoms with van der Waals surface area (Å²) >= 11 is 0. The number of nitrogens with one attached hydrogen (secondary N) is 1. The second-order valence-electron chi connectivity index (χ2n) is 8.82. The van der Waals surface area contributed by atoms with E-state index >= 15 is 0 Å². The molecule has 0 aliphatic carbocycles.